The number of ether oxygens (including phenoxy) is 2. The van der Waals surface area contributed by atoms with Crippen molar-refractivity contribution in [1.82, 2.24) is 29.4 Å². The number of carbonyl (C=O) groups excluding carboxylic acids is 1. The van der Waals surface area contributed by atoms with E-state index < -0.39 is 41.2 Å². The van der Waals surface area contributed by atoms with Crippen LogP contribution in [0.2, 0.25) is 0 Å². The van der Waals surface area contributed by atoms with E-state index in [0.717, 1.165) is 4.57 Å². The zero-order valence-electron chi connectivity index (χ0n) is 23.2. The van der Waals surface area contributed by atoms with E-state index in [0.29, 0.717) is 58.9 Å². The number of benzene rings is 1. The first-order chi connectivity index (χ1) is 20.3. The third-order valence-corrected chi connectivity index (χ3v) is 9.32. The minimum atomic E-state index is -0.964. The van der Waals surface area contributed by atoms with Crippen LogP contribution in [0.15, 0.2) is 40.2 Å². The number of rotatable bonds is 8. The predicted octanol–water partition coefficient (Wildman–Crippen LogP) is 2.38. The van der Waals surface area contributed by atoms with Gasteiger partial charge in [0.15, 0.2) is 0 Å². The highest BCUT2D eigenvalue weighted by atomic mass is 32.1. The number of carbonyl (C=O) groups is 1. The summed E-state index contributed by atoms with van der Waals surface area (Å²) in [6, 6.07) is 3.15. The van der Waals surface area contributed by atoms with Gasteiger partial charge in [0.1, 0.15) is 33.5 Å². The first-order valence-corrected chi connectivity index (χ1v) is 14.7. The lowest BCUT2D eigenvalue weighted by Gasteiger charge is -2.31. The van der Waals surface area contributed by atoms with E-state index in [1.165, 1.54) is 58.4 Å². The monoisotopic (exact) mass is 598 g/mol. The van der Waals surface area contributed by atoms with Crippen molar-refractivity contribution in [3.8, 4) is 10.8 Å². The number of methoxy groups -OCH3 is 1. The van der Waals surface area contributed by atoms with Gasteiger partial charge in [0, 0.05) is 17.7 Å². The van der Waals surface area contributed by atoms with E-state index in [1.54, 1.807) is 6.92 Å². The molecule has 6 rings (SSSR count). The number of aliphatic hydroxyl groups is 1. The molecule has 12 nitrogen and oxygen atoms in total. The van der Waals surface area contributed by atoms with Crippen LogP contribution >= 0.6 is 11.3 Å². The van der Waals surface area contributed by atoms with E-state index >= 15 is 0 Å². The van der Waals surface area contributed by atoms with Crippen LogP contribution in [-0.2, 0) is 16.1 Å². The topological polar surface area (TPSA) is 142 Å². The average Bonchev–Trinajstić information content (AvgIpc) is 3.73. The van der Waals surface area contributed by atoms with Crippen molar-refractivity contribution in [2.24, 2.45) is 0 Å². The molecule has 1 saturated heterocycles. The molecule has 42 heavy (non-hydrogen) atoms. The lowest BCUT2D eigenvalue weighted by Crippen LogP contribution is -2.44. The maximum absolute atomic E-state index is 14.6. The minimum absolute atomic E-state index is 0.0885. The molecule has 2 fully saturated rings. The molecule has 2 aliphatic rings. The van der Waals surface area contributed by atoms with Crippen molar-refractivity contribution >= 4 is 27.5 Å². The second kappa shape index (κ2) is 11.4. The zero-order chi connectivity index (χ0) is 29.5. The summed E-state index contributed by atoms with van der Waals surface area (Å²) in [5, 5.41) is 22.0. The Labute approximate surface area is 243 Å². The maximum Gasteiger partial charge on any atom is 0.332 e. The fraction of sp³-hybridized carbons (Fsp3) is 0.464. The molecule has 14 heteroatoms. The highest BCUT2D eigenvalue weighted by Gasteiger charge is 2.33. The molecular formula is C28H31FN6O6S. The van der Waals surface area contributed by atoms with Crippen molar-refractivity contribution in [2.45, 2.75) is 69.9 Å². The number of hydrogen-bond donors (Lipinski definition) is 2. The molecule has 4 heterocycles. The second-order valence-electron chi connectivity index (χ2n) is 10.6. The van der Waals surface area contributed by atoms with Crippen molar-refractivity contribution in [3.63, 3.8) is 0 Å². The molecule has 2 atom stereocenters. The molecule has 3 aromatic heterocycles. The number of nitrogens with one attached hydrogen (secondary N) is 1. The summed E-state index contributed by atoms with van der Waals surface area (Å²) >= 11 is 1.18. The molecule has 0 spiro atoms. The Balaban J connectivity index is 1.55. The van der Waals surface area contributed by atoms with Gasteiger partial charge in [-0.05, 0) is 57.2 Å². The SMILES string of the molecule is COc1ccc(F)cc1[C@H](Cn1c(=O)n([C@@H]2CCNC2=O)c(=O)c2c(C)c(-n3nccn3)sc21)O[C@H]1CC[C@H](O)CC1. The van der Waals surface area contributed by atoms with Gasteiger partial charge in [0.25, 0.3) is 5.56 Å². The number of fused-ring (bicyclic) bond motifs is 1. The normalized spacial score (nSPS) is 21.5. The summed E-state index contributed by atoms with van der Waals surface area (Å²) in [4.78, 5) is 42.5. The van der Waals surface area contributed by atoms with Gasteiger partial charge in [0.05, 0.1) is 43.6 Å². The first-order valence-electron chi connectivity index (χ1n) is 13.9. The van der Waals surface area contributed by atoms with E-state index in [4.69, 9.17) is 9.47 Å². The average molecular weight is 599 g/mol. The lowest BCUT2D eigenvalue weighted by molar-refractivity contribution is -0.122. The molecule has 1 aliphatic carbocycles. The van der Waals surface area contributed by atoms with Crippen molar-refractivity contribution in [3.05, 3.63) is 68.4 Å². The van der Waals surface area contributed by atoms with E-state index in [1.807, 2.05) is 0 Å². The van der Waals surface area contributed by atoms with Crippen LogP contribution in [0.25, 0.3) is 15.2 Å². The molecule has 0 bridgehead atoms. The predicted molar refractivity (Wildman–Crippen MR) is 152 cm³/mol. The van der Waals surface area contributed by atoms with Crippen LogP contribution in [0.3, 0.4) is 0 Å². The number of thiophene rings is 1. The minimum Gasteiger partial charge on any atom is -0.496 e. The Morgan fingerprint density at radius 1 is 1.14 bits per heavy atom. The maximum atomic E-state index is 14.6. The fourth-order valence-corrected chi connectivity index (χ4v) is 7.10. The quantitative estimate of drug-likeness (QED) is 0.315. The van der Waals surface area contributed by atoms with Crippen LogP contribution < -0.4 is 21.3 Å². The van der Waals surface area contributed by atoms with Gasteiger partial charge < -0.3 is 19.9 Å². The summed E-state index contributed by atoms with van der Waals surface area (Å²) in [7, 11) is 1.47. The highest BCUT2D eigenvalue weighted by Crippen LogP contribution is 2.36. The Hall–Kier alpha value is -3.88. The van der Waals surface area contributed by atoms with Crippen LogP contribution in [0, 0.1) is 12.7 Å². The van der Waals surface area contributed by atoms with Gasteiger partial charge >= 0.3 is 5.69 Å². The van der Waals surface area contributed by atoms with Gasteiger partial charge in [-0.1, -0.05) is 11.3 Å². The highest BCUT2D eigenvalue weighted by molar-refractivity contribution is 7.21. The van der Waals surface area contributed by atoms with Crippen LogP contribution in [0.4, 0.5) is 4.39 Å². The molecule has 4 aromatic rings. The molecule has 1 aliphatic heterocycles. The molecule has 1 aromatic carbocycles. The largest absolute Gasteiger partial charge is 0.496 e. The van der Waals surface area contributed by atoms with Gasteiger partial charge in [-0.2, -0.15) is 10.2 Å². The van der Waals surface area contributed by atoms with Crippen LogP contribution in [0.1, 0.15) is 55.4 Å². The van der Waals surface area contributed by atoms with Gasteiger partial charge in [-0.15, -0.1) is 4.80 Å². The van der Waals surface area contributed by atoms with Crippen molar-refractivity contribution < 1.29 is 23.8 Å². The van der Waals surface area contributed by atoms with Gasteiger partial charge in [0.2, 0.25) is 5.91 Å². The van der Waals surface area contributed by atoms with Crippen molar-refractivity contribution in [2.75, 3.05) is 13.7 Å². The molecule has 1 saturated carbocycles. The number of aliphatic hydroxyl groups excluding tert-OH is 1. The number of hydrogen-bond acceptors (Lipinski definition) is 9. The van der Waals surface area contributed by atoms with Crippen molar-refractivity contribution in [1.29, 1.82) is 0 Å². The summed E-state index contributed by atoms with van der Waals surface area (Å²) < 4.78 is 29.2. The van der Waals surface area contributed by atoms with Gasteiger partial charge in [-0.25, -0.2) is 13.8 Å². The number of halogens is 1. The number of nitrogens with zero attached hydrogens (tertiary/aromatic N) is 5. The molecule has 0 radical (unpaired) electrons. The number of amides is 1. The van der Waals surface area contributed by atoms with E-state index in [9.17, 15) is 23.9 Å². The Bertz CT molecular complexity index is 1740. The second-order valence-corrected chi connectivity index (χ2v) is 11.6. The molecule has 0 unspecified atom stereocenters. The zero-order valence-corrected chi connectivity index (χ0v) is 24.0. The van der Waals surface area contributed by atoms with E-state index in [-0.39, 0.29) is 24.5 Å². The summed E-state index contributed by atoms with van der Waals surface area (Å²) in [6.07, 6.45) is 4.12. The molecule has 1 amide bonds. The smallest absolute Gasteiger partial charge is 0.332 e. The third-order valence-electron chi connectivity index (χ3n) is 8.04. The first kappa shape index (κ1) is 28.2. The van der Waals surface area contributed by atoms with Gasteiger partial charge in [-0.3, -0.25) is 14.2 Å². The third kappa shape index (κ3) is 5.03. The fourth-order valence-electron chi connectivity index (χ4n) is 5.88. The lowest BCUT2D eigenvalue weighted by atomic mass is 9.94. The number of aromatic nitrogens is 5. The Kier molecular flexibility index (Phi) is 7.68. The number of aryl methyl sites for hydroxylation is 1. The summed E-state index contributed by atoms with van der Waals surface area (Å²) in [5.74, 6) is -0.515. The summed E-state index contributed by atoms with van der Waals surface area (Å²) in [6.45, 7) is 2.01. The van der Waals surface area contributed by atoms with Crippen LogP contribution in [-0.4, -0.2) is 61.0 Å². The molecular weight excluding hydrogens is 567 g/mol. The summed E-state index contributed by atoms with van der Waals surface area (Å²) in [5.41, 5.74) is -0.261. The molecule has 2 N–H and O–H groups in total. The van der Waals surface area contributed by atoms with Crippen LogP contribution in [0.5, 0.6) is 5.75 Å². The molecule has 222 valence electrons. The Morgan fingerprint density at radius 2 is 1.88 bits per heavy atom. The van der Waals surface area contributed by atoms with E-state index in [2.05, 4.69) is 15.5 Å². The Morgan fingerprint density at radius 3 is 2.55 bits per heavy atom. The standard InChI is InChI=1S/C28H31FN6O6S/c1-15-23-25(38)34(20-9-10-30-24(20)37)28(39)33(27(23)42-26(15)35-31-11-12-32-35)14-22(41-18-6-4-17(36)5-7-18)19-13-16(29)3-8-21(19)40-2/h3,8,11-13,17-18,20,22,36H,4-7,9-10,14H2,1-2H3,(H,30,37)/t17-,18-,20-,22+/m1/s1.